The van der Waals surface area contributed by atoms with E-state index in [1.807, 2.05) is 25.1 Å². The minimum Gasteiger partial charge on any atom is -0.435 e. The highest BCUT2D eigenvalue weighted by Crippen LogP contribution is 2.37. The van der Waals surface area contributed by atoms with Gasteiger partial charge in [-0.25, -0.2) is 0 Å². The van der Waals surface area contributed by atoms with Crippen molar-refractivity contribution in [3.8, 4) is 0 Å². The van der Waals surface area contributed by atoms with Gasteiger partial charge in [0.15, 0.2) is 0 Å². The molecule has 0 N–H and O–H groups in total. The normalized spacial score (nSPS) is 36.5. The van der Waals surface area contributed by atoms with Gasteiger partial charge < -0.3 is 14.2 Å². The van der Waals surface area contributed by atoms with Gasteiger partial charge in [0.25, 0.3) is 0 Å². The van der Waals surface area contributed by atoms with Crippen molar-refractivity contribution in [2.75, 3.05) is 0 Å². The maximum atomic E-state index is 11.5. The molecule has 4 heteroatoms. The zero-order chi connectivity index (χ0) is 14.1. The van der Waals surface area contributed by atoms with Crippen LogP contribution in [0.5, 0.6) is 0 Å². The van der Waals surface area contributed by atoms with Crippen LogP contribution in [0.25, 0.3) is 0 Å². The second-order valence-electron chi connectivity index (χ2n) is 5.72. The Labute approximate surface area is 119 Å². The van der Waals surface area contributed by atoms with E-state index in [0.29, 0.717) is 13.0 Å². The third-order valence-electron chi connectivity index (χ3n) is 4.26. The summed E-state index contributed by atoms with van der Waals surface area (Å²) in [6.45, 7) is 4.69. The van der Waals surface area contributed by atoms with Crippen LogP contribution < -0.4 is 0 Å². The number of rotatable bonds is 3. The van der Waals surface area contributed by atoms with Gasteiger partial charge in [0.2, 0.25) is 6.29 Å². The molecule has 2 heterocycles. The molecular formula is C16H20O4. The SMILES string of the molecule is C[C@@H]1[C@@H]2OC(=O)C[C@H](O2)[C@@H](C)[C@H]1OCc1ccccc1. The number of benzene rings is 1. The van der Waals surface area contributed by atoms with Crippen LogP contribution in [0.15, 0.2) is 30.3 Å². The summed E-state index contributed by atoms with van der Waals surface area (Å²) in [6.07, 6.45) is -0.168. The van der Waals surface area contributed by atoms with Crippen molar-refractivity contribution in [2.45, 2.75) is 45.4 Å². The largest absolute Gasteiger partial charge is 0.435 e. The molecule has 2 aliphatic rings. The van der Waals surface area contributed by atoms with Crippen LogP contribution in [0.1, 0.15) is 25.8 Å². The third kappa shape index (κ3) is 2.58. The predicted molar refractivity (Wildman–Crippen MR) is 72.7 cm³/mol. The van der Waals surface area contributed by atoms with Gasteiger partial charge in [-0.15, -0.1) is 0 Å². The van der Waals surface area contributed by atoms with Gasteiger partial charge in [0.1, 0.15) is 0 Å². The Hall–Kier alpha value is -1.39. The average molecular weight is 276 g/mol. The molecule has 0 aromatic heterocycles. The standard InChI is InChI=1S/C16H20O4/c1-10-13-8-14(17)20-16(19-13)11(2)15(10)18-9-12-6-4-3-5-7-12/h3-7,10-11,13,15-16H,8-9H2,1-2H3/t10-,11+,13+,15-,16+/m1/s1. The van der Waals surface area contributed by atoms with Crippen LogP contribution in [0.4, 0.5) is 0 Å². The number of fused-ring (bicyclic) bond motifs is 2. The minimum atomic E-state index is -0.460. The van der Waals surface area contributed by atoms with Crippen molar-refractivity contribution in [2.24, 2.45) is 11.8 Å². The fourth-order valence-electron chi connectivity index (χ4n) is 3.05. The molecule has 2 bridgehead atoms. The van der Waals surface area contributed by atoms with E-state index in [1.54, 1.807) is 0 Å². The van der Waals surface area contributed by atoms with E-state index >= 15 is 0 Å². The fraction of sp³-hybridized carbons (Fsp3) is 0.562. The summed E-state index contributed by atoms with van der Waals surface area (Å²) >= 11 is 0. The average Bonchev–Trinajstić information content (AvgIpc) is 2.46. The maximum absolute atomic E-state index is 11.5. The van der Waals surface area contributed by atoms with Gasteiger partial charge in [0.05, 0.1) is 25.2 Å². The van der Waals surface area contributed by atoms with Crippen LogP contribution >= 0.6 is 0 Å². The van der Waals surface area contributed by atoms with E-state index in [9.17, 15) is 4.79 Å². The first-order valence-electron chi connectivity index (χ1n) is 7.15. The summed E-state index contributed by atoms with van der Waals surface area (Å²) in [7, 11) is 0. The molecule has 4 nitrogen and oxygen atoms in total. The van der Waals surface area contributed by atoms with Gasteiger partial charge in [-0.2, -0.15) is 0 Å². The first-order valence-corrected chi connectivity index (χ1v) is 7.15. The lowest BCUT2D eigenvalue weighted by molar-refractivity contribution is -0.285. The van der Waals surface area contributed by atoms with Crippen LogP contribution in [0, 0.1) is 11.8 Å². The second kappa shape index (κ2) is 5.54. The molecule has 0 aliphatic carbocycles. The van der Waals surface area contributed by atoms with Gasteiger partial charge in [0, 0.05) is 11.8 Å². The molecule has 2 fully saturated rings. The molecule has 0 amide bonds. The Balaban J connectivity index is 1.68. The molecule has 1 aromatic carbocycles. The van der Waals surface area contributed by atoms with Crippen LogP contribution in [-0.2, 0) is 25.6 Å². The molecule has 5 atom stereocenters. The summed E-state index contributed by atoms with van der Waals surface area (Å²) < 4.78 is 17.1. The van der Waals surface area contributed by atoms with Gasteiger partial charge >= 0.3 is 5.97 Å². The molecule has 20 heavy (non-hydrogen) atoms. The number of ether oxygens (including phenoxy) is 3. The highest BCUT2D eigenvalue weighted by Gasteiger charge is 2.47. The first-order chi connectivity index (χ1) is 9.65. The molecule has 0 spiro atoms. The zero-order valence-electron chi connectivity index (χ0n) is 11.8. The van der Waals surface area contributed by atoms with E-state index in [-0.39, 0.29) is 30.0 Å². The number of carbonyl (C=O) groups excluding carboxylic acids is 1. The van der Waals surface area contributed by atoms with E-state index < -0.39 is 6.29 Å². The Morgan fingerprint density at radius 2 is 1.95 bits per heavy atom. The van der Waals surface area contributed by atoms with Crippen molar-refractivity contribution in [1.82, 2.24) is 0 Å². The van der Waals surface area contributed by atoms with Crippen molar-refractivity contribution in [1.29, 1.82) is 0 Å². The molecule has 2 aliphatic heterocycles. The molecule has 0 radical (unpaired) electrons. The van der Waals surface area contributed by atoms with Crippen LogP contribution in [0.3, 0.4) is 0 Å². The van der Waals surface area contributed by atoms with Crippen LogP contribution in [-0.4, -0.2) is 24.5 Å². The maximum Gasteiger partial charge on any atom is 0.310 e. The van der Waals surface area contributed by atoms with Crippen molar-refractivity contribution in [3.05, 3.63) is 35.9 Å². The first kappa shape index (κ1) is 13.6. The summed E-state index contributed by atoms with van der Waals surface area (Å²) in [6, 6.07) is 10.1. The van der Waals surface area contributed by atoms with Gasteiger partial charge in [-0.05, 0) is 5.56 Å². The second-order valence-corrected chi connectivity index (χ2v) is 5.72. The monoisotopic (exact) mass is 276 g/mol. The third-order valence-corrected chi connectivity index (χ3v) is 4.26. The highest BCUT2D eigenvalue weighted by atomic mass is 16.7. The summed E-state index contributed by atoms with van der Waals surface area (Å²) in [4.78, 5) is 11.5. The Morgan fingerprint density at radius 3 is 2.70 bits per heavy atom. The summed E-state index contributed by atoms with van der Waals surface area (Å²) in [5.41, 5.74) is 1.15. The Bertz CT molecular complexity index is 453. The Morgan fingerprint density at radius 1 is 1.20 bits per heavy atom. The molecule has 1 aromatic rings. The zero-order valence-corrected chi connectivity index (χ0v) is 11.8. The van der Waals surface area contributed by atoms with Crippen molar-refractivity contribution in [3.63, 3.8) is 0 Å². The van der Waals surface area contributed by atoms with Crippen molar-refractivity contribution < 1.29 is 19.0 Å². The molecule has 2 saturated heterocycles. The molecule has 108 valence electrons. The number of hydrogen-bond donors (Lipinski definition) is 0. The number of hydrogen-bond acceptors (Lipinski definition) is 4. The lowest BCUT2D eigenvalue weighted by atomic mass is 9.83. The summed E-state index contributed by atoms with van der Waals surface area (Å²) in [5, 5.41) is 0. The fourth-order valence-corrected chi connectivity index (χ4v) is 3.05. The molecule has 3 rings (SSSR count). The van der Waals surface area contributed by atoms with Crippen LogP contribution in [0.2, 0.25) is 0 Å². The summed E-state index contributed by atoms with van der Waals surface area (Å²) in [5.74, 6) is 0.0819. The van der Waals surface area contributed by atoms with Crippen molar-refractivity contribution >= 4 is 5.97 Å². The lowest BCUT2D eigenvalue weighted by Gasteiger charge is -2.46. The molecular weight excluding hydrogens is 256 g/mol. The molecule has 0 saturated carbocycles. The quantitative estimate of drug-likeness (QED) is 0.796. The van der Waals surface area contributed by atoms with Gasteiger partial charge in [-0.1, -0.05) is 44.2 Å². The topological polar surface area (TPSA) is 44.8 Å². The van der Waals surface area contributed by atoms with E-state index in [0.717, 1.165) is 5.56 Å². The van der Waals surface area contributed by atoms with Gasteiger partial charge in [-0.3, -0.25) is 4.79 Å². The van der Waals surface area contributed by atoms with E-state index in [1.165, 1.54) is 0 Å². The number of esters is 1. The Kier molecular flexibility index (Phi) is 3.76. The highest BCUT2D eigenvalue weighted by molar-refractivity contribution is 5.70. The predicted octanol–water partition coefficient (Wildman–Crippen LogP) is 2.52. The minimum absolute atomic E-state index is 0.0482. The van der Waals surface area contributed by atoms with E-state index in [2.05, 4.69) is 19.1 Å². The lowest BCUT2D eigenvalue weighted by Crippen LogP contribution is -2.55. The number of carbonyl (C=O) groups is 1. The molecule has 0 unspecified atom stereocenters. The smallest absolute Gasteiger partial charge is 0.310 e. The van der Waals surface area contributed by atoms with E-state index in [4.69, 9.17) is 14.2 Å².